The number of H-pyrrole nitrogens is 1. The van der Waals surface area contributed by atoms with Crippen LogP contribution in [-0.2, 0) is 18.2 Å². The van der Waals surface area contributed by atoms with Gasteiger partial charge in [-0.05, 0) is 36.6 Å². The van der Waals surface area contributed by atoms with Crippen molar-refractivity contribution < 1.29 is 18.7 Å². The molecule has 2 N–H and O–H groups in total. The van der Waals surface area contributed by atoms with Crippen molar-refractivity contribution in [3.8, 4) is 0 Å². The van der Waals surface area contributed by atoms with Gasteiger partial charge in [0.2, 0.25) is 0 Å². The summed E-state index contributed by atoms with van der Waals surface area (Å²) in [6.45, 7) is 3.57. The SMILES string of the molecule is CCc1[nH]c(C(=O)NC(c2cccc(F)c2)c2nccn2C)c(C)c1C(=O)OC. The molecule has 2 aromatic heterocycles. The van der Waals surface area contributed by atoms with Crippen molar-refractivity contribution in [2.75, 3.05) is 7.11 Å². The van der Waals surface area contributed by atoms with E-state index in [2.05, 4.69) is 15.3 Å². The molecule has 0 aliphatic carbocycles. The molecule has 0 radical (unpaired) electrons. The Balaban J connectivity index is 2.01. The number of halogens is 1. The standard InChI is InChI=1S/C21H23FN4O3/c1-5-15-16(21(28)29-4)12(2)17(24-15)20(27)25-18(19-23-9-10-26(19)3)13-7-6-8-14(22)11-13/h6-11,18,24H,5H2,1-4H3,(H,25,27). The maximum Gasteiger partial charge on any atom is 0.339 e. The fourth-order valence-electron chi connectivity index (χ4n) is 3.37. The molecule has 3 aromatic rings. The fraction of sp³-hybridized carbons (Fsp3) is 0.286. The van der Waals surface area contributed by atoms with Crippen LogP contribution in [0.1, 0.15) is 56.5 Å². The average molecular weight is 398 g/mol. The van der Waals surface area contributed by atoms with E-state index in [1.165, 1.54) is 19.2 Å². The number of amides is 1. The Morgan fingerprint density at radius 2 is 2.14 bits per heavy atom. The molecule has 0 aliphatic heterocycles. The normalized spacial score (nSPS) is 11.9. The lowest BCUT2D eigenvalue weighted by atomic mass is 10.0. The number of esters is 1. The van der Waals surface area contributed by atoms with Crippen LogP contribution in [0.15, 0.2) is 36.7 Å². The second kappa shape index (κ2) is 8.30. The molecule has 3 rings (SSSR count). The largest absolute Gasteiger partial charge is 0.465 e. The van der Waals surface area contributed by atoms with Crippen LogP contribution in [-0.4, -0.2) is 33.5 Å². The summed E-state index contributed by atoms with van der Waals surface area (Å²) in [5.41, 5.74) is 2.31. The van der Waals surface area contributed by atoms with Gasteiger partial charge in [-0.1, -0.05) is 19.1 Å². The van der Waals surface area contributed by atoms with Gasteiger partial charge in [-0.15, -0.1) is 0 Å². The lowest BCUT2D eigenvalue weighted by Crippen LogP contribution is -2.32. The Bertz CT molecular complexity index is 1050. The van der Waals surface area contributed by atoms with Crippen LogP contribution >= 0.6 is 0 Å². The van der Waals surface area contributed by atoms with Crippen molar-refractivity contribution in [1.29, 1.82) is 0 Å². The molecular formula is C21H23FN4O3. The zero-order chi connectivity index (χ0) is 21.1. The monoisotopic (exact) mass is 398 g/mol. The maximum atomic E-state index is 13.8. The molecule has 29 heavy (non-hydrogen) atoms. The van der Waals surface area contributed by atoms with Gasteiger partial charge in [-0.25, -0.2) is 14.2 Å². The highest BCUT2D eigenvalue weighted by Gasteiger charge is 2.27. The quantitative estimate of drug-likeness (QED) is 0.625. The molecule has 1 aromatic carbocycles. The van der Waals surface area contributed by atoms with Crippen LogP contribution in [0.3, 0.4) is 0 Å². The number of aryl methyl sites for hydroxylation is 2. The van der Waals surface area contributed by atoms with E-state index in [1.807, 2.05) is 6.92 Å². The van der Waals surface area contributed by atoms with Crippen LogP contribution in [0, 0.1) is 12.7 Å². The van der Waals surface area contributed by atoms with Crippen molar-refractivity contribution in [2.24, 2.45) is 7.05 Å². The Hall–Kier alpha value is -3.42. The van der Waals surface area contributed by atoms with Crippen LogP contribution in [0.5, 0.6) is 0 Å². The minimum absolute atomic E-state index is 0.262. The highest BCUT2D eigenvalue weighted by Crippen LogP contribution is 2.24. The predicted molar refractivity (Wildman–Crippen MR) is 105 cm³/mol. The Morgan fingerprint density at radius 1 is 1.38 bits per heavy atom. The maximum absolute atomic E-state index is 13.8. The van der Waals surface area contributed by atoms with Crippen LogP contribution in [0.2, 0.25) is 0 Å². The molecule has 0 fully saturated rings. The number of benzene rings is 1. The number of aromatic nitrogens is 3. The van der Waals surface area contributed by atoms with E-state index >= 15 is 0 Å². The van der Waals surface area contributed by atoms with E-state index in [-0.39, 0.29) is 5.69 Å². The Morgan fingerprint density at radius 3 is 2.72 bits per heavy atom. The number of hydrogen-bond donors (Lipinski definition) is 2. The minimum atomic E-state index is -0.674. The van der Waals surface area contributed by atoms with Gasteiger partial charge in [0.05, 0.1) is 12.7 Å². The van der Waals surface area contributed by atoms with E-state index in [0.29, 0.717) is 34.6 Å². The van der Waals surface area contributed by atoms with E-state index < -0.39 is 23.7 Å². The lowest BCUT2D eigenvalue weighted by Gasteiger charge is -2.19. The molecule has 152 valence electrons. The van der Waals surface area contributed by atoms with Gasteiger partial charge in [0, 0.05) is 25.1 Å². The molecule has 1 amide bonds. The summed E-state index contributed by atoms with van der Waals surface area (Å²) < 4.78 is 20.4. The summed E-state index contributed by atoms with van der Waals surface area (Å²) in [5.74, 6) is -0.782. The number of rotatable bonds is 6. The van der Waals surface area contributed by atoms with E-state index in [0.717, 1.165) is 0 Å². The molecule has 0 bridgehead atoms. The first-order valence-electron chi connectivity index (χ1n) is 9.20. The first-order valence-corrected chi connectivity index (χ1v) is 9.20. The third kappa shape index (κ3) is 3.91. The molecule has 7 nitrogen and oxygen atoms in total. The zero-order valence-corrected chi connectivity index (χ0v) is 16.7. The van der Waals surface area contributed by atoms with Crippen molar-refractivity contribution in [2.45, 2.75) is 26.3 Å². The topological polar surface area (TPSA) is 89.0 Å². The molecule has 0 saturated carbocycles. The first-order chi connectivity index (χ1) is 13.9. The van der Waals surface area contributed by atoms with Gasteiger partial charge in [0.25, 0.3) is 5.91 Å². The summed E-state index contributed by atoms with van der Waals surface area (Å²) in [6, 6.07) is 5.33. The van der Waals surface area contributed by atoms with E-state index in [9.17, 15) is 14.0 Å². The average Bonchev–Trinajstić information content (AvgIpc) is 3.28. The summed E-state index contributed by atoms with van der Waals surface area (Å²) in [5, 5.41) is 2.91. The summed E-state index contributed by atoms with van der Waals surface area (Å²) in [7, 11) is 3.10. The van der Waals surface area contributed by atoms with Gasteiger partial charge in [-0.2, -0.15) is 0 Å². The Kier molecular flexibility index (Phi) is 5.81. The lowest BCUT2D eigenvalue weighted by molar-refractivity contribution is 0.0599. The molecule has 1 atom stereocenters. The highest BCUT2D eigenvalue weighted by molar-refractivity contribution is 6.00. The third-order valence-electron chi connectivity index (χ3n) is 4.87. The van der Waals surface area contributed by atoms with Crippen molar-refractivity contribution >= 4 is 11.9 Å². The van der Waals surface area contributed by atoms with Crippen LogP contribution < -0.4 is 5.32 Å². The summed E-state index contributed by atoms with van der Waals surface area (Å²) in [6.07, 6.45) is 3.89. The number of carbonyl (C=O) groups is 2. The van der Waals surface area contributed by atoms with Crippen LogP contribution in [0.4, 0.5) is 4.39 Å². The number of methoxy groups -OCH3 is 1. The molecule has 8 heteroatoms. The van der Waals surface area contributed by atoms with Gasteiger partial charge in [-0.3, -0.25) is 4.79 Å². The fourth-order valence-corrected chi connectivity index (χ4v) is 3.37. The smallest absolute Gasteiger partial charge is 0.339 e. The predicted octanol–water partition coefficient (Wildman–Crippen LogP) is 3.06. The molecular weight excluding hydrogens is 375 g/mol. The summed E-state index contributed by atoms with van der Waals surface area (Å²) >= 11 is 0. The zero-order valence-electron chi connectivity index (χ0n) is 16.7. The van der Waals surface area contributed by atoms with E-state index in [1.54, 1.807) is 43.1 Å². The van der Waals surface area contributed by atoms with Crippen molar-refractivity contribution in [3.05, 3.63) is 76.4 Å². The number of hydrogen-bond acceptors (Lipinski definition) is 4. The second-order valence-electron chi connectivity index (χ2n) is 6.68. The number of nitrogens with one attached hydrogen (secondary N) is 2. The number of carbonyl (C=O) groups excluding carboxylic acids is 2. The Labute approximate surface area is 167 Å². The number of ether oxygens (including phenoxy) is 1. The molecule has 0 aliphatic rings. The first kappa shape index (κ1) is 20.3. The molecule has 0 saturated heterocycles. The van der Waals surface area contributed by atoms with Gasteiger partial charge >= 0.3 is 5.97 Å². The van der Waals surface area contributed by atoms with Crippen molar-refractivity contribution in [3.63, 3.8) is 0 Å². The summed E-state index contributed by atoms with van der Waals surface area (Å²) in [4.78, 5) is 32.6. The number of nitrogens with zero attached hydrogens (tertiary/aromatic N) is 2. The number of aromatic amines is 1. The van der Waals surface area contributed by atoms with E-state index in [4.69, 9.17) is 4.74 Å². The second-order valence-corrected chi connectivity index (χ2v) is 6.68. The third-order valence-corrected chi connectivity index (χ3v) is 4.87. The van der Waals surface area contributed by atoms with Gasteiger partial charge < -0.3 is 19.6 Å². The van der Waals surface area contributed by atoms with Gasteiger partial charge in [0.15, 0.2) is 0 Å². The molecule has 2 heterocycles. The molecule has 0 spiro atoms. The number of imidazole rings is 1. The minimum Gasteiger partial charge on any atom is -0.465 e. The van der Waals surface area contributed by atoms with Gasteiger partial charge in [0.1, 0.15) is 23.4 Å². The molecule has 1 unspecified atom stereocenters. The highest BCUT2D eigenvalue weighted by atomic mass is 19.1. The van der Waals surface area contributed by atoms with Crippen molar-refractivity contribution in [1.82, 2.24) is 19.9 Å². The van der Waals surface area contributed by atoms with Crippen LogP contribution in [0.25, 0.3) is 0 Å².